The number of hydrogen-bond acceptors (Lipinski definition) is 4. The van der Waals surface area contributed by atoms with E-state index < -0.39 is 0 Å². The molecule has 0 aliphatic carbocycles. The molecule has 0 N–H and O–H groups in total. The van der Waals surface area contributed by atoms with E-state index in [4.69, 9.17) is 13.9 Å². The third-order valence-corrected chi connectivity index (χ3v) is 4.41. The Labute approximate surface area is 152 Å². The molecule has 0 aliphatic heterocycles. The Kier molecular flexibility index (Phi) is 6.53. The first-order valence-corrected chi connectivity index (χ1v) is 9.08. The smallest absolute Gasteiger partial charge is 0.196 e. The van der Waals surface area contributed by atoms with Gasteiger partial charge in [0.05, 0.1) is 11.7 Å². The summed E-state index contributed by atoms with van der Waals surface area (Å²) >= 11 is 0. The summed E-state index contributed by atoms with van der Waals surface area (Å²) in [6.07, 6.45) is -0.0510. The topological polar surface area (TPSA) is 44.8 Å². The first-order valence-electron chi connectivity index (χ1n) is 8.26. The molecule has 134 valence electrons. The van der Waals surface area contributed by atoms with Crippen LogP contribution >= 0.6 is 0 Å². The van der Waals surface area contributed by atoms with Crippen molar-refractivity contribution in [3.05, 3.63) is 65.2 Å². The van der Waals surface area contributed by atoms with Crippen molar-refractivity contribution in [2.75, 3.05) is 13.9 Å². The van der Waals surface area contributed by atoms with Gasteiger partial charge in [-0.15, -0.1) is 0 Å². The number of rotatable bonds is 7. The van der Waals surface area contributed by atoms with Crippen LogP contribution in [-0.4, -0.2) is 30.2 Å². The molecule has 0 amide bonds. The highest BCUT2D eigenvalue weighted by Crippen LogP contribution is 2.37. The summed E-state index contributed by atoms with van der Waals surface area (Å²) in [5.41, 5.74) is 2.10. The Morgan fingerprint density at radius 3 is 2.36 bits per heavy atom. The van der Waals surface area contributed by atoms with Crippen molar-refractivity contribution in [3.63, 3.8) is 0 Å². The molecule has 2 aromatic carbocycles. The zero-order valence-corrected chi connectivity index (χ0v) is 17.5. The van der Waals surface area contributed by atoms with Crippen LogP contribution in [0.3, 0.4) is 0 Å². The highest BCUT2D eigenvalue weighted by Gasteiger charge is 2.27. The van der Waals surface area contributed by atoms with E-state index in [0.717, 1.165) is 5.56 Å². The average molecular weight is 359 g/mol. The molecule has 0 heterocycles. The molecule has 0 bridgehead atoms. The summed E-state index contributed by atoms with van der Waals surface area (Å²) in [7, 11) is 2.19. The predicted octanol–water partition coefficient (Wildman–Crippen LogP) is 3.28. The van der Waals surface area contributed by atoms with E-state index in [9.17, 15) is 4.79 Å². The van der Waals surface area contributed by atoms with Gasteiger partial charge in [0.1, 0.15) is 16.2 Å². The maximum atomic E-state index is 12.8. The standard InChI is InChI=1S/C20H26O4Si/c1-20(2,3)19(24-25)15-10-11-16(17(12-15)23-13-22-4)18(21)14-8-6-5-7-9-14/h5-12,19H,13H2,1-4,25H3. The maximum Gasteiger partial charge on any atom is 0.196 e. The van der Waals surface area contributed by atoms with Crippen molar-refractivity contribution in [1.29, 1.82) is 0 Å². The lowest BCUT2D eigenvalue weighted by atomic mass is 9.84. The van der Waals surface area contributed by atoms with Gasteiger partial charge in [0.2, 0.25) is 0 Å². The fourth-order valence-corrected chi connectivity index (χ4v) is 3.85. The molecule has 0 radical (unpaired) electrons. The van der Waals surface area contributed by atoms with Gasteiger partial charge in [-0.2, -0.15) is 0 Å². The average Bonchev–Trinajstić information content (AvgIpc) is 2.59. The monoisotopic (exact) mass is 358 g/mol. The molecular formula is C20H26O4Si. The summed E-state index contributed by atoms with van der Waals surface area (Å²) in [5.74, 6) is 0.443. The van der Waals surface area contributed by atoms with Crippen LogP contribution < -0.4 is 4.74 Å². The van der Waals surface area contributed by atoms with Crippen LogP contribution in [0.25, 0.3) is 0 Å². The Morgan fingerprint density at radius 2 is 1.80 bits per heavy atom. The number of carbonyl (C=O) groups is 1. The molecule has 0 saturated carbocycles. The molecule has 25 heavy (non-hydrogen) atoms. The van der Waals surface area contributed by atoms with E-state index in [1.54, 1.807) is 19.2 Å². The number of ketones is 1. The first kappa shape index (κ1) is 19.4. The first-order chi connectivity index (χ1) is 11.9. The van der Waals surface area contributed by atoms with Gasteiger partial charge in [-0.1, -0.05) is 57.2 Å². The Balaban J connectivity index is 2.45. The van der Waals surface area contributed by atoms with Crippen molar-refractivity contribution < 1.29 is 18.7 Å². The van der Waals surface area contributed by atoms with Gasteiger partial charge in [-0.3, -0.25) is 4.79 Å². The Bertz CT molecular complexity index is 707. The van der Waals surface area contributed by atoms with Crippen molar-refractivity contribution >= 4 is 16.3 Å². The largest absolute Gasteiger partial charge is 0.467 e. The third kappa shape index (κ3) is 4.78. The minimum Gasteiger partial charge on any atom is -0.467 e. The molecule has 0 saturated heterocycles. The van der Waals surface area contributed by atoms with Gasteiger partial charge in [-0.25, -0.2) is 0 Å². The highest BCUT2D eigenvalue weighted by atomic mass is 28.2. The second-order valence-electron chi connectivity index (χ2n) is 6.98. The Morgan fingerprint density at radius 1 is 1.12 bits per heavy atom. The molecule has 0 aromatic heterocycles. The molecule has 0 fully saturated rings. The number of hydrogen-bond donors (Lipinski definition) is 0. The van der Waals surface area contributed by atoms with Gasteiger partial charge in [-0.05, 0) is 23.1 Å². The van der Waals surface area contributed by atoms with E-state index >= 15 is 0 Å². The van der Waals surface area contributed by atoms with E-state index in [2.05, 4.69) is 20.8 Å². The number of carbonyl (C=O) groups excluding carboxylic acids is 1. The molecule has 4 nitrogen and oxygen atoms in total. The lowest BCUT2D eigenvalue weighted by Crippen LogP contribution is -2.21. The minimum absolute atomic E-state index is 0.0504. The van der Waals surface area contributed by atoms with E-state index in [1.165, 1.54) is 0 Å². The molecule has 1 unspecified atom stereocenters. The van der Waals surface area contributed by atoms with Gasteiger partial charge >= 0.3 is 0 Å². The normalized spacial score (nSPS) is 12.8. The van der Waals surface area contributed by atoms with Gasteiger partial charge < -0.3 is 13.9 Å². The molecule has 1 atom stereocenters. The lowest BCUT2D eigenvalue weighted by Gasteiger charge is -2.30. The van der Waals surface area contributed by atoms with Crippen LogP contribution in [0.4, 0.5) is 0 Å². The van der Waals surface area contributed by atoms with Crippen molar-refractivity contribution in [1.82, 2.24) is 0 Å². The van der Waals surface area contributed by atoms with Crippen LogP contribution in [0.5, 0.6) is 5.75 Å². The van der Waals surface area contributed by atoms with Crippen LogP contribution in [0.15, 0.2) is 48.5 Å². The third-order valence-electron chi connectivity index (χ3n) is 3.94. The quantitative estimate of drug-likeness (QED) is 0.433. The van der Waals surface area contributed by atoms with Gasteiger partial charge in [0, 0.05) is 12.7 Å². The molecule has 0 aliphatic rings. The van der Waals surface area contributed by atoms with Crippen molar-refractivity contribution in [2.24, 2.45) is 5.41 Å². The van der Waals surface area contributed by atoms with E-state index in [0.29, 0.717) is 27.4 Å². The second-order valence-corrected chi connectivity index (χ2v) is 7.45. The number of benzene rings is 2. The van der Waals surface area contributed by atoms with Gasteiger partial charge in [0.15, 0.2) is 12.6 Å². The molecule has 0 spiro atoms. The zero-order valence-electron chi connectivity index (χ0n) is 15.5. The number of ether oxygens (including phenoxy) is 2. The molecular weight excluding hydrogens is 332 g/mol. The lowest BCUT2D eigenvalue weighted by molar-refractivity contribution is 0.0497. The second kappa shape index (κ2) is 8.42. The summed E-state index contributed by atoms with van der Waals surface area (Å²) in [4.78, 5) is 12.8. The maximum absolute atomic E-state index is 12.8. The fraction of sp³-hybridized carbons (Fsp3) is 0.350. The van der Waals surface area contributed by atoms with E-state index in [1.807, 2.05) is 36.4 Å². The van der Waals surface area contributed by atoms with Crippen molar-refractivity contribution in [3.8, 4) is 5.75 Å². The summed E-state index contributed by atoms with van der Waals surface area (Å²) in [6.45, 7) is 6.48. The summed E-state index contributed by atoms with van der Waals surface area (Å²) < 4.78 is 16.5. The number of methoxy groups -OCH3 is 1. The Hall–Kier alpha value is -1.95. The predicted molar refractivity (Wildman–Crippen MR) is 102 cm³/mol. The minimum atomic E-state index is -0.0719. The molecule has 2 rings (SSSR count). The fourth-order valence-electron chi connectivity index (χ4n) is 2.87. The summed E-state index contributed by atoms with van der Waals surface area (Å²) in [6, 6.07) is 14.8. The van der Waals surface area contributed by atoms with Crippen LogP contribution in [0.2, 0.25) is 0 Å². The SMILES string of the molecule is COCOc1cc(C(O[SiH3])C(C)(C)C)ccc1C(=O)c1ccccc1. The van der Waals surface area contributed by atoms with Gasteiger partial charge in [0.25, 0.3) is 0 Å². The molecule has 2 aromatic rings. The van der Waals surface area contributed by atoms with Crippen LogP contribution in [0.1, 0.15) is 48.4 Å². The van der Waals surface area contributed by atoms with Crippen LogP contribution in [0, 0.1) is 5.41 Å². The van der Waals surface area contributed by atoms with Crippen molar-refractivity contribution in [2.45, 2.75) is 26.9 Å². The van der Waals surface area contributed by atoms with E-state index in [-0.39, 0.29) is 24.1 Å². The summed E-state index contributed by atoms with van der Waals surface area (Å²) in [5, 5.41) is 0. The van der Waals surface area contributed by atoms with Crippen LogP contribution in [-0.2, 0) is 9.16 Å². The zero-order chi connectivity index (χ0) is 18.4. The highest BCUT2D eigenvalue weighted by molar-refractivity contribution is 6.10. The molecule has 5 heteroatoms.